The summed E-state index contributed by atoms with van der Waals surface area (Å²) in [5.74, 6) is -0.265. The van der Waals surface area contributed by atoms with Gasteiger partial charge in [0.25, 0.3) is 0 Å². The molecule has 0 radical (unpaired) electrons. The highest BCUT2D eigenvalue weighted by Crippen LogP contribution is 2.41. The summed E-state index contributed by atoms with van der Waals surface area (Å²) in [6, 6.07) is 8.73. The molecule has 5 heteroatoms. The lowest BCUT2D eigenvalue weighted by Crippen LogP contribution is -2.20. The molecule has 1 aliphatic rings. The summed E-state index contributed by atoms with van der Waals surface area (Å²) in [7, 11) is 0. The zero-order chi connectivity index (χ0) is 14.3. The number of carbonyl (C=O) groups excluding carboxylic acids is 1. The van der Waals surface area contributed by atoms with Crippen molar-refractivity contribution < 1.29 is 24.9 Å². The van der Waals surface area contributed by atoms with Gasteiger partial charge in [0.15, 0.2) is 5.78 Å². The van der Waals surface area contributed by atoms with Crippen LogP contribution in [0.25, 0.3) is 0 Å². The molecule has 0 amide bonds. The average molecular weight is 272 g/mol. The third kappa shape index (κ3) is 1.93. The highest BCUT2D eigenvalue weighted by Gasteiger charge is 2.31. The van der Waals surface area contributed by atoms with Gasteiger partial charge in [0, 0.05) is 11.6 Å². The molecule has 102 valence electrons. The number of carbonyl (C=O) groups is 1. The molecule has 0 bridgehead atoms. The average Bonchev–Trinajstić information content (AvgIpc) is 2.38. The molecular weight excluding hydrogens is 260 g/mol. The van der Waals surface area contributed by atoms with Gasteiger partial charge in [-0.15, -0.1) is 0 Å². The second-order valence-electron chi connectivity index (χ2n) is 4.63. The second kappa shape index (κ2) is 4.45. The fourth-order valence-corrected chi connectivity index (χ4v) is 2.34. The van der Waals surface area contributed by atoms with Gasteiger partial charge in [-0.1, -0.05) is 6.07 Å². The van der Waals surface area contributed by atoms with E-state index in [0.717, 1.165) is 0 Å². The van der Waals surface area contributed by atoms with Crippen molar-refractivity contribution in [3.63, 3.8) is 0 Å². The molecular formula is C15H12O5. The van der Waals surface area contributed by atoms with Crippen molar-refractivity contribution in [1.29, 1.82) is 0 Å². The molecule has 0 saturated carbocycles. The van der Waals surface area contributed by atoms with Crippen LogP contribution in [0, 0.1) is 0 Å². The molecule has 20 heavy (non-hydrogen) atoms. The third-order valence-electron chi connectivity index (χ3n) is 3.28. The second-order valence-corrected chi connectivity index (χ2v) is 4.63. The lowest BCUT2D eigenvalue weighted by Gasteiger charge is -2.26. The normalized spacial score (nSPS) is 17.4. The number of phenols is 3. The summed E-state index contributed by atoms with van der Waals surface area (Å²) < 4.78 is 5.67. The van der Waals surface area contributed by atoms with Crippen LogP contribution in [-0.4, -0.2) is 21.1 Å². The van der Waals surface area contributed by atoms with Gasteiger partial charge in [-0.2, -0.15) is 0 Å². The first-order chi connectivity index (χ1) is 9.56. The van der Waals surface area contributed by atoms with E-state index in [0.29, 0.717) is 11.3 Å². The Balaban J connectivity index is 2.01. The van der Waals surface area contributed by atoms with Gasteiger partial charge in [-0.05, 0) is 24.3 Å². The number of hydrogen-bond acceptors (Lipinski definition) is 5. The predicted octanol–water partition coefficient (Wildman–Crippen LogP) is 2.51. The van der Waals surface area contributed by atoms with Crippen LogP contribution in [-0.2, 0) is 0 Å². The highest BCUT2D eigenvalue weighted by molar-refractivity contribution is 6.02. The standard InChI is InChI=1S/C15H12O5/c16-8-4-5-9(11(18)6-8)14-7-12(19)15-10(17)2-1-3-13(15)20-14/h1-6,14,16-18H,7H2. The Morgan fingerprint density at radius 1 is 1.05 bits per heavy atom. The molecule has 3 rings (SSSR count). The number of fused-ring (bicyclic) bond motifs is 1. The summed E-state index contributed by atoms with van der Waals surface area (Å²) in [6.07, 6.45) is -0.625. The minimum absolute atomic E-state index is 0.0168. The summed E-state index contributed by atoms with van der Waals surface area (Å²) in [5.41, 5.74) is 0.590. The van der Waals surface area contributed by atoms with E-state index in [9.17, 15) is 20.1 Å². The number of benzene rings is 2. The van der Waals surface area contributed by atoms with Gasteiger partial charge in [0.05, 0.1) is 6.42 Å². The van der Waals surface area contributed by atoms with Crippen LogP contribution in [0.1, 0.15) is 28.4 Å². The topological polar surface area (TPSA) is 87.0 Å². The van der Waals surface area contributed by atoms with Gasteiger partial charge in [0.2, 0.25) is 0 Å². The maximum Gasteiger partial charge on any atom is 0.174 e. The fourth-order valence-electron chi connectivity index (χ4n) is 2.34. The molecule has 1 atom stereocenters. The minimum atomic E-state index is -0.641. The Labute approximate surface area is 114 Å². The quantitative estimate of drug-likeness (QED) is 0.742. The minimum Gasteiger partial charge on any atom is -0.508 e. The van der Waals surface area contributed by atoms with Crippen molar-refractivity contribution in [3.8, 4) is 23.0 Å². The van der Waals surface area contributed by atoms with E-state index in [-0.39, 0.29) is 35.0 Å². The molecule has 0 fully saturated rings. The molecule has 0 aromatic heterocycles. The van der Waals surface area contributed by atoms with Crippen LogP contribution in [0.2, 0.25) is 0 Å². The van der Waals surface area contributed by atoms with Crippen molar-refractivity contribution in [3.05, 3.63) is 47.5 Å². The maximum atomic E-state index is 12.1. The Hall–Kier alpha value is -2.69. The first kappa shape index (κ1) is 12.3. The number of rotatable bonds is 1. The van der Waals surface area contributed by atoms with E-state index < -0.39 is 6.10 Å². The zero-order valence-electron chi connectivity index (χ0n) is 10.4. The monoisotopic (exact) mass is 272 g/mol. The Morgan fingerprint density at radius 3 is 2.60 bits per heavy atom. The predicted molar refractivity (Wildman–Crippen MR) is 70.2 cm³/mol. The summed E-state index contributed by atoms with van der Waals surface area (Å²) in [6.45, 7) is 0. The third-order valence-corrected chi connectivity index (χ3v) is 3.28. The van der Waals surface area contributed by atoms with E-state index in [4.69, 9.17) is 4.74 Å². The van der Waals surface area contributed by atoms with Crippen LogP contribution >= 0.6 is 0 Å². The summed E-state index contributed by atoms with van der Waals surface area (Å²) in [5, 5.41) is 28.8. The van der Waals surface area contributed by atoms with E-state index in [1.807, 2.05) is 0 Å². The van der Waals surface area contributed by atoms with Gasteiger partial charge in [0.1, 0.15) is 34.7 Å². The number of aromatic hydroxyl groups is 3. The maximum absolute atomic E-state index is 12.1. The first-order valence-corrected chi connectivity index (χ1v) is 6.10. The SMILES string of the molecule is O=C1CC(c2ccc(O)cc2O)Oc2cccc(O)c21. The van der Waals surface area contributed by atoms with Crippen LogP contribution in [0.5, 0.6) is 23.0 Å². The molecule has 0 saturated heterocycles. The van der Waals surface area contributed by atoms with Crippen molar-refractivity contribution in [2.45, 2.75) is 12.5 Å². The molecule has 1 unspecified atom stereocenters. The summed E-state index contributed by atoms with van der Waals surface area (Å²) >= 11 is 0. The Bertz CT molecular complexity index is 693. The van der Waals surface area contributed by atoms with Crippen molar-refractivity contribution in [1.82, 2.24) is 0 Å². The van der Waals surface area contributed by atoms with Gasteiger partial charge >= 0.3 is 0 Å². The number of Topliss-reactive ketones (excluding diaryl/α,β-unsaturated/α-hetero) is 1. The Morgan fingerprint density at radius 2 is 1.85 bits per heavy atom. The van der Waals surface area contributed by atoms with Crippen LogP contribution in [0.15, 0.2) is 36.4 Å². The van der Waals surface area contributed by atoms with Crippen LogP contribution in [0.3, 0.4) is 0 Å². The Kier molecular flexibility index (Phi) is 2.75. The van der Waals surface area contributed by atoms with E-state index in [2.05, 4.69) is 0 Å². The molecule has 0 aliphatic carbocycles. The van der Waals surface area contributed by atoms with Crippen molar-refractivity contribution >= 4 is 5.78 Å². The molecule has 2 aromatic carbocycles. The van der Waals surface area contributed by atoms with E-state index in [1.165, 1.54) is 24.3 Å². The molecule has 2 aromatic rings. The highest BCUT2D eigenvalue weighted by atomic mass is 16.5. The molecule has 1 aliphatic heterocycles. The fraction of sp³-hybridized carbons (Fsp3) is 0.133. The van der Waals surface area contributed by atoms with Gasteiger partial charge < -0.3 is 20.1 Å². The number of ketones is 1. The summed E-state index contributed by atoms with van der Waals surface area (Å²) in [4.78, 5) is 12.1. The molecule has 1 heterocycles. The lowest BCUT2D eigenvalue weighted by atomic mass is 9.95. The smallest absolute Gasteiger partial charge is 0.174 e. The zero-order valence-corrected chi connectivity index (χ0v) is 10.4. The molecule has 0 spiro atoms. The van der Waals surface area contributed by atoms with Crippen LogP contribution in [0.4, 0.5) is 0 Å². The van der Waals surface area contributed by atoms with E-state index in [1.54, 1.807) is 12.1 Å². The first-order valence-electron chi connectivity index (χ1n) is 6.10. The number of hydrogen-bond donors (Lipinski definition) is 3. The van der Waals surface area contributed by atoms with Crippen molar-refractivity contribution in [2.24, 2.45) is 0 Å². The van der Waals surface area contributed by atoms with Crippen molar-refractivity contribution in [2.75, 3.05) is 0 Å². The van der Waals surface area contributed by atoms with Crippen LogP contribution < -0.4 is 4.74 Å². The number of ether oxygens (including phenoxy) is 1. The molecule has 5 nitrogen and oxygen atoms in total. The number of phenolic OH excluding ortho intramolecular Hbond substituents is 3. The van der Waals surface area contributed by atoms with Gasteiger partial charge in [-0.3, -0.25) is 4.79 Å². The largest absolute Gasteiger partial charge is 0.508 e. The van der Waals surface area contributed by atoms with Gasteiger partial charge in [-0.25, -0.2) is 0 Å². The van der Waals surface area contributed by atoms with E-state index >= 15 is 0 Å². The molecule has 3 N–H and O–H groups in total. The lowest BCUT2D eigenvalue weighted by molar-refractivity contribution is 0.0842.